The van der Waals surface area contributed by atoms with Crippen molar-refractivity contribution >= 4 is 6.09 Å². The van der Waals surface area contributed by atoms with Crippen molar-refractivity contribution in [2.75, 3.05) is 19.8 Å². The predicted molar refractivity (Wildman–Crippen MR) is 58.9 cm³/mol. The van der Waals surface area contributed by atoms with Crippen molar-refractivity contribution in [2.45, 2.75) is 39.5 Å². The first-order valence-electron chi connectivity index (χ1n) is 5.61. The van der Waals surface area contributed by atoms with Gasteiger partial charge in [0.25, 0.3) is 0 Å². The van der Waals surface area contributed by atoms with Crippen LogP contribution < -0.4 is 0 Å². The van der Waals surface area contributed by atoms with Crippen molar-refractivity contribution in [3.63, 3.8) is 0 Å². The quantitative estimate of drug-likeness (QED) is 0.793. The van der Waals surface area contributed by atoms with Gasteiger partial charge in [-0.1, -0.05) is 0 Å². The summed E-state index contributed by atoms with van der Waals surface area (Å²) < 4.78 is 10.6. The summed E-state index contributed by atoms with van der Waals surface area (Å²) >= 11 is 0. The maximum atomic E-state index is 11.7. The van der Waals surface area contributed by atoms with E-state index in [9.17, 15) is 4.79 Å². The normalized spacial score (nSPS) is 25.2. The Labute approximate surface area is 96.3 Å². The van der Waals surface area contributed by atoms with Crippen LogP contribution in [0.2, 0.25) is 0 Å². The Morgan fingerprint density at radius 2 is 2.12 bits per heavy atom. The minimum atomic E-state index is -0.502. The van der Waals surface area contributed by atoms with Crippen LogP contribution in [-0.2, 0) is 9.47 Å². The maximum Gasteiger partial charge on any atom is 0.412 e. The van der Waals surface area contributed by atoms with E-state index >= 15 is 0 Å². The number of aliphatic hydroxyl groups excluding tert-OH is 1. The molecule has 0 radical (unpaired) electrons. The molecule has 2 unspecified atom stereocenters. The summed E-state index contributed by atoms with van der Waals surface area (Å²) in [7, 11) is 0. The molecular weight excluding hydrogens is 210 g/mol. The molecule has 1 aliphatic heterocycles. The summed E-state index contributed by atoms with van der Waals surface area (Å²) in [6.45, 7) is 8.37. The van der Waals surface area contributed by atoms with Gasteiger partial charge in [-0.25, -0.2) is 4.79 Å². The molecule has 1 amide bonds. The van der Waals surface area contributed by atoms with Crippen LogP contribution in [0.15, 0.2) is 0 Å². The zero-order chi connectivity index (χ0) is 12.3. The van der Waals surface area contributed by atoms with Crippen molar-refractivity contribution in [1.29, 1.82) is 0 Å². The van der Waals surface area contributed by atoms with Crippen LogP contribution in [0.5, 0.6) is 0 Å². The highest BCUT2D eigenvalue weighted by molar-refractivity contribution is 5.69. The number of ether oxygens (including phenoxy) is 2. The van der Waals surface area contributed by atoms with Crippen molar-refractivity contribution in [3.05, 3.63) is 0 Å². The maximum absolute atomic E-state index is 11.7. The van der Waals surface area contributed by atoms with Gasteiger partial charge in [0, 0.05) is 19.1 Å². The van der Waals surface area contributed by atoms with Crippen molar-refractivity contribution < 1.29 is 19.4 Å². The molecule has 0 aromatic rings. The third-order valence-corrected chi connectivity index (χ3v) is 2.34. The first-order valence-corrected chi connectivity index (χ1v) is 5.61. The number of aliphatic hydroxyl groups is 1. The first kappa shape index (κ1) is 13.3. The molecule has 1 fully saturated rings. The molecule has 1 heterocycles. The van der Waals surface area contributed by atoms with Gasteiger partial charge in [0.1, 0.15) is 11.8 Å². The monoisotopic (exact) mass is 231 g/mol. The third-order valence-electron chi connectivity index (χ3n) is 2.34. The van der Waals surface area contributed by atoms with E-state index in [0.717, 1.165) is 0 Å². The molecule has 0 spiro atoms. The van der Waals surface area contributed by atoms with Crippen molar-refractivity contribution in [2.24, 2.45) is 5.92 Å². The van der Waals surface area contributed by atoms with E-state index in [0.29, 0.717) is 13.2 Å². The Morgan fingerprint density at radius 3 is 2.56 bits per heavy atom. The van der Waals surface area contributed by atoms with E-state index in [1.54, 1.807) is 0 Å². The highest BCUT2D eigenvalue weighted by Crippen LogP contribution is 2.27. The second-order valence-electron chi connectivity index (χ2n) is 4.92. The molecule has 1 N–H and O–H groups in total. The lowest BCUT2D eigenvalue weighted by atomic mass is 9.99. The fraction of sp³-hybridized carbons (Fsp3) is 0.909. The van der Waals surface area contributed by atoms with Gasteiger partial charge in [0.15, 0.2) is 0 Å². The predicted octanol–water partition coefficient (Wildman–Crippen LogP) is 1.21. The van der Waals surface area contributed by atoms with Gasteiger partial charge < -0.3 is 14.6 Å². The average Bonchev–Trinajstić information content (AvgIpc) is 2.10. The van der Waals surface area contributed by atoms with Gasteiger partial charge in [-0.05, 0) is 27.7 Å². The van der Waals surface area contributed by atoms with E-state index in [1.165, 1.54) is 4.90 Å². The number of hydrogen-bond donors (Lipinski definition) is 1. The Morgan fingerprint density at radius 1 is 1.50 bits per heavy atom. The van der Waals surface area contributed by atoms with E-state index in [2.05, 4.69) is 0 Å². The molecule has 94 valence electrons. The molecule has 1 rings (SSSR count). The van der Waals surface area contributed by atoms with Crippen LogP contribution in [0.1, 0.15) is 27.7 Å². The van der Waals surface area contributed by atoms with Gasteiger partial charge in [-0.2, -0.15) is 0 Å². The Bertz CT molecular complexity index is 249. The number of hydrogen-bond acceptors (Lipinski definition) is 4. The van der Waals surface area contributed by atoms with Gasteiger partial charge in [0.05, 0.1) is 6.61 Å². The lowest BCUT2D eigenvalue weighted by Gasteiger charge is -2.46. The summed E-state index contributed by atoms with van der Waals surface area (Å²) in [6.07, 6.45) is -0.722. The smallest absolute Gasteiger partial charge is 0.412 e. The average molecular weight is 231 g/mol. The van der Waals surface area contributed by atoms with E-state index in [1.807, 2.05) is 27.7 Å². The zero-order valence-corrected chi connectivity index (χ0v) is 10.4. The number of amides is 1. The van der Waals surface area contributed by atoms with E-state index in [-0.39, 0.29) is 24.8 Å². The molecule has 5 heteroatoms. The zero-order valence-electron chi connectivity index (χ0n) is 10.4. The highest BCUT2D eigenvalue weighted by atomic mass is 16.6. The fourth-order valence-electron chi connectivity index (χ4n) is 1.61. The number of rotatable bonds is 3. The van der Waals surface area contributed by atoms with Crippen molar-refractivity contribution in [3.8, 4) is 0 Å². The number of likely N-dealkylation sites (tertiary alicyclic amines) is 1. The van der Waals surface area contributed by atoms with Crippen LogP contribution >= 0.6 is 0 Å². The van der Waals surface area contributed by atoms with E-state index < -0.39 is 5.60 Å². The summed E-state index contributed by atoms with van der Waals surface area (Å²) in [6, 6.07) is 0. The van der Waals surface area contributed by atoms with Gasteiger partial charge in [-0.3, -0.25) is 4.90 Å². The van der Waals surface area contributed by atoms with Crippen LogP contribution in [0, 0.1) is 5.92 Å². The molecule has 2 atom stereocenters. The molecule has 16 heavy (non-hydrogen) atoms. The van der Waals surface area contributed by atoms with Crippen LogP contribution in [0.3, 0.4) is 0 Å². The van der Waals surface area contributed by atoms with Crippen LogP contribution in [0.25, 0.3) is 0 Å². The molecule has 0 aromatic heterocycles. The van der Waals surface area contributed by atoms with Gasteiger partial charge in [0.2, 0.25) is 0 Å². The lowest BCUT2D eigenvalue weighted by molar-refractivity contribution is -0.165. The lowest BCUT2D eigenvalue weighted by Crippen LogP contribution is -2.61. The SMILES string of the molecule is CCOC1C(CO)CN1C(=O)OC(C)(C)C. The topological polar surface area (TPSA) is 59.0 Å². The highest BCUT2D eigenvalue weighted by Gasteiger charge is 2.44. The minimum absolute atomic E-state index is 0.00692. The Hall–Kier alpha value is -0.810. The molecular formula is C11H21NO4. The summed E-state index contributed by atoms with van der Waals surface area (Å²) in [5.74, 6) is 0.00692. The molecule has 0 aromatic carbocycles. The third kappa shape index (κ3) is 3.09. The van der Waals surface area contributed by atoms with Gasteiger partial charge in [-0.15, -0.1) is 0 Å². The van der Waals surface area contributed by atoms with Crippen molar-refractivity contribution in [1.82, 2.24) is 4.90 Å². The Balaban J connectivity index is 2.51. The summed E-state index contributed by atoms with van der Waals surface area (Å²) in [5, 5.41) is 9.06. The molecule has 1 aliphatic rings. The molecule has 1 saturated heterocycles. The molecule has 0 saturated carbocycles. The second kappa shape index (κ2) is 5.01. The summed E-state index contributed by atoms with van der Waals surface area (Å²) in [5.41, 5.74) is -0.502. The molecule has 0 bridgehead atoms. The fourth-order valence-corrected chi connectivity index (χ4v) is 1.61. The second-order valence-corrected chi connectivity index (χ2v) is 4.92. The van der Waals surface area contributed by atoms with E-state index in [4.69, 9.17) is 14.6 Å². The van der Waals surface area contributed by atoms with Crippen LogP contribution in [0.4, 0.5) is 4.79 Å². The minimum Gasteiger partial charge on any atom is -0.444 e. The Kier molecular flexibility index (Phi) is 4.15. The standard InChI is InChI=1S/C11H21NO4/c1-5-15-9-8(7-13)6-12(9)10(14)16-11(2,3)4/h8-9,13H,5-7H2,1-4H3. The largest absolute Gasteiger partial charge is 0.444 e. The number of nitrogens with zero attached hydrogens (tertiary/aromatic N) is 1. The number of carbonyl (C=O) groups excluding carboxylic acids is 1. The van der Waals surface area contributed by atoms with Gasteiger partial charge >= 0.3 is 6.09 Å². The molecule has 0 aliphatic carbocycles. The number of carbonyl (C=O) groups is 1. The molecule has 5 nitrogen and oxygen atoms in total. The first-order chi connectivity index (χ1) is 7.39. The summed E-state index contributed by atoms with van der Waals surface area (Å²) in [4.78, 5) is 13.2. The van der Waals surface area contributed by atoms with Crippen LogP contribution in [-0.4, -0.2) is 47.7 Å².